The van der Waals surface area contributed by atoms with Gasteiger partial charge in [-0.15, -0.1) is 0 Å². The summed E-state index contributed by atoms with van der Waals surface area (Å²) < 4.78 is 34.7. The molecule has 0 radical (unpaired) electrons. The first-order valence-corrected chi connectivity index (χ1v) is 21.1. The third-order valence-corrected chi connectivity index (χ3v) is 17.0. The van der Waals surface area contributed by atoms with E-state index in [2.05, 4.69) is 64.9 Å². The second-order valence-corrected chi connectivity index (χ2v) is 21.5. The summed E-state index contributed by atoms with van der Waals surface area (Å²) in [6.45, 7) is 17.4. The molecule has 0 amide bonds. The highest BCUT2D eigenvalue weighted by molar-refractivity contribution is 6.74. The van der Waals surface area contributed by atoms with E-state index in [0.717, 1.165) is 83.4 Å². The molecule has 7 atom stereocenters. The maximum absolute atomic E-state index is 16.3. The Balaban J connectivity index is 1.18. The first-order chi connectivity index (χ1) is 21.3. The summed E-state index contributed by atoms with van der Waals surface area (Å²) in [7, 11) is 0.558. The number of Topliss-reactive ketones (excluding diaryl/α,β-unsaturated/α-hetero) is 1. The second kappa shape index (κ2) is 14.5. The number of alkyl halides is 1. The van der Waals surface area contributed by atoms with Crippen molar-refractivity contribution in [3.8, 4) is 5.75 Å². The van der Waals surface area contributed by atoms with Crippen LogP contribution in [0.25, 0.3) is 0 Å². The van der Waals surface area contributed by atoms with Crippen molar-refractivity contribution in [1.82, 2.24) is 4.90 Å². The van der Waals surface area contributed by atoms with Gasteiger partial charge in [0.05, 0.1) is 6.61 Å². The van der Waals surface area contributed by atoms with E-state index in [1.807, 2.05) is 6.07 Å². The average molecular weight is 644 g/mol. The number of benzene rings is 1. The third kappa shape index (κ3) is 7.89. The first-order valence-electron chi connectivity index (χ1n) is 18.2. The normalized spacial score (nSPS) is 31.9. The van der Waals surface area contributed by atoms with Crippen molar-refractivity contribution in [1.29, 1.82) is 0 Å². The molecule has 4 aliphatic rings. The summed E-state index contributed by atoms with van der Waals surface area (Å²) in [5.74, 6) is 1.99. The molecule has 1 aromatic rings. The predicted molar refractivity (Wildman–Crippen MR) is 183 cm³/mol. The van der Waals surface area contributed by atoms with Crippen LogP contribution in [0.4, 0.5) is 4.39 Å². The molecule has 0 bridgehead atoms. The minimum absolute atomic E-state index is 0.109. The Morgan fingerprint density at radius 2 is 1.87 bits per heavy atom. The van der Waals surface area contributed by atoms with Gasteiger partial charge in [0.15, 0.2) is 14.6 Å². The van der Waals surface area contributed by atoms with Gasteiger partial charge in [0.1, 0.15) is 17.7 Å². The zero-order valence-corrected chi connectivity index (χ0v) is 30.5. The van der Waals surface area contributed by atoms with Gasteiger partial charge in [-0.2, -0.15) is 0 Å². The molecule has 1 aromatic carbocycles. The Morgan fingerprint density at radius 3 is 2.60 bits per heavy atom. The van der Waals surface area contributed by atoms with Crippen LogP contribution in [0.5, 0.6) is 5.75 Å². The van der Waals surface area contributed by atoms with Gasteiger partial charge in [-0.25, -0.2) is 4.39 Å². The van der Waals surface area contributed by atoms with Crippen LogP contribution in [0.1, 0.15) is 115 Å². The number of nitrogens with zero attached hydrogens (tertiary/aromatic N) is 1. The molecule has 1 heterocycles. The highest BCUT2D eigenvalue weighted by atomic mass is 28.4. The molecule has 0 aromatic heterocycles. The van der Waals surface area contributed by atoms with Crippen LogP contribution in [-0.4, -0.2) is 64.8 Å². The largest absolute Gasteiger partial charge is 0.465 e. The molecule has 5 nitrogen and oxygen atoms in total. The van der Waals surface area contributed by atoms with Gasteiger partial charge in [-0.05, 0) is 131 Å². The van der Waals surface area contributed by atoms with Crippen LogP contribution >= 0.6 is 0 Å². The molecule has 2 saturated carbocycles. The van der Waals surface area contributed by atoms with E-state index in [-0.39, 0.29) is 23.2 Å². The highest BCUT2D eigenvalue weighted by Gasteiger charge is 2.60. The molecule has 5 rings (SSSR count). The monoisotopic (exact) mass is 643 g/mol. The number of carbonyl (C=O) groups is 1. The molecule has 0 N–H and O–H groups in total. The van der Waals surface area contributed by atoms with Crippen LogP contribution in [0.15, 0.2) is 18.2 Å². The molecule has 45 heavy (non-hydrogen) atoms. The Labute approximate surface area is 274 Å². The maximum atomic E-state index is 16.3. The Bertz CT molecular complexity index is 1150. The van der Waals surface area contributed by atoms with E-state index in [1.165, 1.54) is 24.0 Å². The Hall–Kier alpha value is -1.28. The van der Waals surface area contributed by atoms with Crippen LogP contribution < -0.4 is 4.74 Å². The van der Waals surface area contributed by atoms with E-state index in [4.69, 9.17) is 13.9 Å². The van der Waals surface area contributed by atoms with Gasteiger partial charge in [0, 0.05) is 30.8 Å². The Morgan fingerprint density at radius 1 is 1.09 bits per heavy atom. The number of hydrogen-bond acceptors (Lipinski definition) is 5. The van der Waals surface area contributed by atoms with E-state index in [1.54, 1.807) is 0 Å². The molecule has 0 spiro atoms. The minimum Gasteiger partial charge on any atom is -0.465 e. The average Bonchev–Trinajstić information content (AvgIpc) is 3.27. The summed E-state index contributed by atoms with van der Waals surface area (Å²) in [5, 5.41) is 0.258. The molecule has 1 unspecified atom stereocenters. The Kier molecular flexibility index (Phi) is 11.3. The molecular formula is C38H62FNO4Si. The SMILES string of the molecule is CN(CCCCC[C@@H]1Cc2cc(OC3CCCCO3)ccc2[C@@H]2[C@@H]1[C@@H]1CCC(=O)[C@@]1(C)C[C@@H]2F)CCCO[Si](C)(C)C(C)(C)C. The topological polar surface area (TPSA) is 48.0 Å². The number of fused-ring (bicyclic) bond motifs is 5. The number of unbranched alkanes of at least 4 members (excludes halogenated alkanes) is 2. The standard InChI is InChI=1S/C38H62FNO4Si/c1-37(2,3)45(6,7)43-23-13-21-40(5)20-11-8-9-14-27-24-28-25-29(44-34-15-10-12-22-42-34)16-17-30(28)36-32(39)26-38(4)31(35(27)36)18-19-33(38)41/h16-17,25,27,31-32,34-36H,8-15,18-24,26H2,1-7H3/t27-,31+,32+,34?,35+,36+,38+/m1/s1. The van der Waals surface area contributed by atoms with Gasteiger partial charge in [-0.3, -0.25) is 4.79 Å². The van der Waals surface area contributed by atoms with E-state index in [0.29, 0.717) is 30.5 Å². The smallest absolute Gasteiger partial charge is 0.199 e. The van der Waals surface area contributed by atoms with Crippen LogP contribution in [0, 0.1) is 23.2 Å². The van der Waals surface area contributed by atoms with Crippen molar-refractivity contribution >= 4 is 14.1 Å². The first kappa shape index (κ1) is 35.0. The molecule has 7 heteroatoms. The fourth-order valence-electron chi connectivity index (χ4n) is 8.81. The lowest BCUT2D eigenvalue weighted by Crippen LogP contribution is -2.50. The third-order valence-electron chi connectivity index (χ3n) is 12.5. The minimum atomic E-state index is -1.67. The van der Waals surface area contributed by atoms with Gasteiger partial charge in [0.25, 0.3) is 0 Å². The summed E-state index contributed by atoms with van der Waals surface area (Å²) >= 11 is 0. The summed E-state index contributed by atoms with van der Waals surface area (Å²) in [5.41, 5.74) is 1.93. The second-order valence-electron chi connectivity index (χ2n) is 16.7. The van der Waals surface area contributed by atoms with Crippen LogP contribution in [0.3, 0.4) is 0 Å². The number of hydrogen-bond donors (Lipinski definition) is 0. The molecule has 254 valence electrons. The van der Waals surface area contributed by atoms with E-state index < -0.39 is 19.9 Å². The van der Waals surface area contributed by atoms with Gasteiger partial charge < -0.3 is 18.8 Å². The summed E-state index contributed by atoms with van der Waals surface area (Å²) in [4.78, 5) is 15.5. The number of carbonyl (C=O) groups excluding carboxylic acids is 1. The van der Waals surface area contributed by atoms with Crippen molar-refractivity contribution < 1.29 is 23.1 Å². The van der Waals surface area contributed by atoms with Gasteiger partial charge in [0.2, 0.25) is 0 Å². The number of rotatable bonds is 13. The summed E-state index contributed by atoms with van der Waals surface area (Å²) in [6.07, 6.45) is 10.6. The van der Waals surface area contributed by atoms with Crippen molar-refractivity contribution in [3.05, 3.63) is 29.3 Å². The quantitative estimate of drug-likeness (QED) is 0.159. The van der Waals surface area contributed by atoms with Crippen molar-refractivity contribution in [2.45, 2.75) is 141 Å². The zero-order chi connectivity index (χ0) is 32.4. The molecule has 1 saturated heterocycles. The summed E-state index contributed by atoms with van der Waals surface area (Å²) in [6, 6.07) is 6.35. The number of halogens is 1. The lowest BCUT2D eigenvalue weighted by atomic mass is 9.51. The molecule has 1 aliphatic heterocycles. The fourth-order valence-corrected chi connectivity index (χ4v) is 9.90. The van der Waals surface area contributed by atoms with Crippen molar-refractivity contribution in [2.24, 2.45) is 23.2 Å². The van der Waals surface area contributed by atoms with Crippen LogP contribution in [-0.2, 0) is 20.4 Å². The molecule has 3 fully saturated rings. The lowest BCUT2D eigenvalue weighted by Gasteiger charge is -2.53. The van der Waals surface area contributed by atoms with Crippen molar-refractivity contribution in [2.75, 3.05) is 33.4 Å². The maximum Gasteiger partial charge on any atom is 0.199 e. The van der Waals surface area contributed by atoms with Gasteiger partial charge in [-0.1, -0.05) is 46.6 Å². The highest BCUT2D eigenvalue weighted by Crippen LogP contribution is 2.62. The zero-order valence-electron chi connectivity index (χ0n) is 29.5. The number of ketones is 1. The van der Waals surface area contributed by atoms with Crippen molar-refractivity contribution in [3.63, 3.8) is 0 Å². The lowest BCUT2D eigenvalue weighted by molar-refractivity contribution is -0.132. The molecular weight excluding hydrogens is 582 g/mol. The molecule has 3 aliphatic carbocycles. The van der Waals surface area contributed by atoms with E-state index in [9.17, 15) is 4.79 Å². The predicted octanol–water partition coefficient (Wildman–Crippen LogP) is 9.10. The van der Waals surface area contributed by atoms with E-state index >= 15 is 4.39 Å². The fraction of sp³-hybridized carbons (Fsp3) is 0.816. The van der Waals surface area contributed by atoms with Crippen LogP contribution in [0.2, 0.25) is 18.1 Å². The van der Waals surface area contributed by atoms with Gasteiger partial charge >= 0.3 is 0 Å². The number of ether oxygens (including phenoxy) is 2.